The molecule has 114 valence electrons. The van der Waals surface area contributed by atoms with Crippen molar-refractivity contribution in [2.24, 2.45) is 5.92 Å². The van der Waals surface area contributed by atoms with Crippen LogP contribution in [0.4, 0.5) is 5.95 Å². The van der Waals surface area contributed by atoms with Crippen LogP contribution in [0.5, 0.6) is 0 Å². The molecule has 0 bridgehead atoms. The van der Waals surface area contributed by atoms with E-state index >= 15 is 0 Å². The van der Waals surface area contributed by atoms with Crippen LogP contribution >= 0.6 is 0 Å². The van der Waals surface area contributed by atoms with Crippen molar-refractivity contribution in [2.45, 2.75) is 66.5 Å². The molecule has 0 saturated heterocycles. The van der Waals surface area contributed by atoms with Crippen LogP contribution in [-0.2, 0) is 6.54 Å². The number of aryl methyl sites for hydroxylation is 1. The molecule has 20 heavy (non-hydrogen) atoms. The number of aromatic nitrogens is 2. The fourth-order valence-corrected chi connectivity index (χ4v) is 1.92. The molecule has 0 saturated carbocycles. The minimum atomic E-state index is 0.110. The molecule has 1 aromatic heterocycles. The number of nitrogens with one attached hydrogen (secondary N) is 2. The lowest BCUT2D eigenvalue weighted by atomic mass is 10.0. The molecule has 0 aromatic carbocycles. The van der Waals surface area contributed by atoms with Gasteiger partial charge in [-0.3, -0.25) is 0 Å². The summed E-state index contributed by atoms with van der Waals surface area (Å²) >= 11 is 0. The molecule has 0 aliphatic rings. The first kappa shape index (κ1) is 16.9. The van der Waals surface area contributed by atoms with Crippen molar-refractivity contribution in [2.75, 3.05) is 11.9 Å². The summed E-state index contributed by atoms with van der Waals surface area (Å²) in [5.41, 5.74) is 2.32. The summed E-state index contributed by atoms with van der Waals surface area (Å²) in [6.45, 7) is 14.7. The van der Waals surface area contributed by atoms with E-state index in [1.54, 1.807) is 0 Å². The van der Waals surface area contributed by atoms with Crippen LogP contribution in [0.15, 0.2) is 6.20 Å². The smallest absolute Gasteiger partial charge is 0.222 e. The van der Waals surface area contributed by atoms with Gasteiger partial charge in [-0.25, -0.2) is 9.97 Å². The van der Waals surface area contributed by atoms with Crippen LogP contribution in [0.2, 0.25) is 0 Å². The molecule has 0 unspecified atom stereocenters. The number of rotatable bonds is 7. The van der Waals surface area contributed by atoms with Crippen LogP contribution < -0.4 is 10.6 Å². The third-order valence-corrected chi connectivity index (χ3v) is 3.59. The Labute approximate surface area is 123 Å². The Morgan fingerprint density at radius 1 is 1.20 bits per heavy atom. The summed E-state index contributed by atoms with van der Waals surface area (Å²) in [5.74, 6) is 1.44. The average Bonchev–Trinajstić information content (AvgIpc) is 2.38. The van der Waals surface area contributed by atoms with Gasteiger partial charge in [-0.05, 0) is 33.6 Å². The Morgan fingerprint density at radius 2 is 1.85 bits per heavy atom. The lowest BCUT2D eigenvalue weighted by Crippen LogP contribution is -2.35. The number of nitrogens with zero attached hydrogens (tertiary/aromatic N) is 2. The monoisotopic (exact) mass is 278 g/mol. The molecule has 0 fully saturated rings. The number of hydrogen-bond acceptors (Lipinski definition) is 4. The van der Waals surface area contributed by atoms with E-state index in [4.69, 9.17) is 0 Å². The van der Waals surface area contributed by atoms with Gasteiger partial charge >= 0.3 is 0 Å². The second-order valence-electron chi connectivity index (χ2n) is 6.47. The zero-order valence-electron chi connectivity index (χ0n) is 13.9. The average molecular weight is 278 g/mol. The van der Waals surface area contributed by atoms with Crippen molar-refractivity contribution in [1.29, 1.82) is 0 Å². The van der Waals surface area contributed by atoms with Gasteiger partial charge in [-0.2, -0.15) is 0 Å². The van der Waals surface area contributed by atoms with Gasteiger partial charge in [0.1, 0.15) is 0 Å². The quantitative estimate of drug-likeness (QED) is 0.801. The first-order chi connectivity index (χ1) is 9.35. The Bertz CT molecular complexity index is 405. The maximum atomic E-state index is 4.55. The Balaban J connectivity index is 2.59. The van der Waals surface area contributed by atoms with Crippen molar-refractivity contribution in [3.63, 3.8) is 0 Å². The summed E-state index contributed by atoms with van der Waals surface area (Å²) < 4.78 is 0. The maximum Gasteiger partial charge on any atom is 0.222 e. The molecule has 0 radical (unpaired) electrons. The Hall–Kier alpha value is -1.16. The third-order valence-electron chi connectivity index (χ3n) is 3.59. The molecule has 1 rings (SSSR count). The summed E-state index contributed by atoms with van der Waals surface area (Å²) in [6, 6.07) is 0. The fourth-order valence-electron chi connectivity index (χ4n) is 1.92. The van der Waals surface area contributed by atoms with Gasteiger partial charge in [0.15, 0.2) is 0 Å². The molecule has 0 aliphatic carbocycles. The van der Waals surface area contributed by atoms with Crippen LogP contribution in [0.3, 0.4) is 0 Å². The van der Waals surface area contributed by atoms with Gasteiger partial charge in [0.25, 0.3) is 0 Å². The van der Waals surface area contributed by atoms with Crippen LogP contribution in [0, 0.1) is 12.8 Å². The van der Waals surface area contributed by atoms with Crippen molar-refractivity contribution in [3.8, 4) is 0 Å². The summed E-state index contributed by atoms with van der Waals surface area (Å²) in [6.07, 6.45) is 4.31. The van der Waals surface area contributed by atoms with E-state index in [0.717, 1.165) is 30.3 Å². The number of anilines is 1. The van der Waals surface area contributed by atoms with Crippen molar-refractivity contribution < 1.29 is 0 Å². The first-order valence-electron chi connectivity index (χ1n) is 7.67. The van der Waals surface area contributed by atoms with Gasteiger partial charge in [0.05, 0.1) is 0 Å². The molecular formula is C16H30N4. The summed E-state index contributed by atoms with van der Waals surface area (Å²) in [7, 11) is 0. The van der Waals surface area contributed by atoms with E-state index in [0.29, 0.717) is 5.92 Å². The minimum absolute atomic E-state index is 0.110. The second kappa shape index (κ2) is 7.58. The normalized spacial score (nSPS) is 11.9. The van der Waals surface area contributed by atoms with Crippen molar-refractivity contribution >= 4 is 5.95 Å². The van der Waals surface area contributed by atoms with E-state index < -0.39 is 0 Å². The zero-order chi connectivity index (χ0) is 15.2. The maximum absolute atomic E-state index is 4.55. The fraction of sp³-hybridized carbons (Fsp3) is 0.750. The van der Waals surface area contributed by atoms with Gasteiger partial charge < -0.3 is 10.6 Å². The van der Waals surface area contributed by atoms with Crippen LogP contribution in [0.25, 0.3) is 0 Å². The van der Waals surface area contributed by atoms with E-state index in [9.17, 15) is 0 Å². The standard InChI is InChI=1S/C16H30N4/c1-7-13(8-2)9-17-15-18-10-14(12(3)20-15)11-19-16(4,5)6/h10,13,19H,7-9,11H2,1-6H3,(H,17,18,20). The van der Waals surface area contributed by atoms with Crippen molar-refractivity contribution in [1.82, 2.24) is 15.3 Å². The molecule has 4 nitrogen and oxygen atoms in total. The van der Waals surface area contributed by atoms with Gasteiger partial charge in [0, 0.05) is 36.1 Å². The lowest BCUT2D eigenvalue weighted by molar-refractivity contribution is 0.423. The van der Waals surface area contributed by atoms with Crippen molar-refractivity contribution in [3.05, 3.63) is 17.5 Å². The molecule has 0 aliphatic heterocycles. The van der Waals surface area contributed by atoms with Gasteiger partial charge in [-0.1, -0.05) is 26.7 Å². The molecule has 1 heterocycles. The zero-order valence-corrected chi connectivity index (χ0v) is 13.9. The third kappa shape index (κ3) is 5.87. The highest BCUT2D eigenvalue weighted by atomic mass is 15.1. The molecule has 2 N–H and O–H groups in total. The summed E-state index contributed by atoms with van der Waals surface area (Å²) in [5, 5.41) is 6.81. The highest BCUT2D eigenvalue weighted by Gasteiger charge is 2.11. The predicted octanol–water partition coefficient (Wildman–Crippen LogP) is 3.52. The highest BCUT2D eigenvalue weighted by molar-refractivity contribution is 5.29. The Kier molecular flexibility index (Phi) is 6.40. The molecule has 1 aromatic rings. The molecular weight excluding hydrogens is 248 g/mol. The molecule has 0 atom stereocenters. The van der Waals surface area contributed by atoms with Crippen LogP contribution in [-0.4, -0.2) is 22.1 Å². The summed E-state index contributed by atoms with van der Waals surface area (Å²) in [4.78, 5) is 8.97. The van der Waals surface area contributed by atoms with Gasteiger partial charge in [0.2, 0.25) is 5.95 Å². The second-order valence-corrected chi connectivity index (χ2v) is 6.47. The Morgan fingerprint density at radius 3 is 2.35 bits per heavy atom. The van der Waals surface area contributed by atoms with E-state index in [1.807, 2.05) is 13.1 Å². The molecule has 4 heteroatoms. The van der Waals surface area contributed by atoms with E-state index in [1.165, 1.54) is 12.8 Å². The highest BCUT2D eigenvalue weighted by Crippen LogP contribution is 2.11. The molecule has 0 spiro atoms. The van der Waals surface area contributed by atoms with E-state index in [-0.39, 0.29) is 5.54 Å². The van der Waals surface area contributed by atoms with Gasteiger partial charge in [-0.15, -0.1) is 0 Å². The molecule has 0 amide bonds. The predicted molar refractivity (Wildman–Crippen MR) is 85.9 cm³/mol. The largest absolute Gasteiger partial charge is 0.354 e. The first-order valence-corrected chi connectivity index (χ1v) is 7.67. The van der Waals surface area contributed by atoms with E-state index in [2.05, 4.69) is 55.2 Å². The number of hydrogen-bond donors (Lipinski definition) is 2. The lowest BCUT2D eigenvalue weighted by Gasteiger charge is -2.21. The van der Waals surface area contributed by atoms with Crippen LogP contribution in [0.1, 0.15) is 58.7 Å². The SMILES string of the molecule is CCC(CC)CNc1ncc(CNC(C)(C)C)c(C)n1. The minimum Gasteiger partial charge on any atom is -0.354 e. The topological polar surface area (TPSA) is 49.8 Å².